The quantitative estimate of drug-likeness (QED) is 0.463. The molecule has 3 aromatic rings. The molecule has 0 bridgehead atoms. The highest BCUT2D eigenvalue weighted by atomic mass is 32.1. The van der Waals surface area contributed by atoms with E-state index in [-0.39, 0.29) is 11.7 Å². The molecule has 31 heavy (non-hydrogen) atoms. The maximum Gasteiger partial charge on any atom is 0.416 e. The van der Waals surface area contributed by atoms with E-state index in [2.05, 4.69) is 10.6 Å². The second-order valence-corrected chi connectivity index (χ2v) is 8.79. The summed E-state index contributed by atoms with van der Waals surface area (Å²) in [4.78, 5) is 14.5. The van der Waals surface area contributed by atoms with Crippen molar-refractivity contribution < 1.29 is 18.0 Å². The molecule has 0 saturated heterocycles. The first-order chi connectivity index (χ1) is 14.9. The van der Waals surface area contributed by atoms with E-state index in [1.54, 1.807) is 17.4 Å². The first kappa shape index (κ1) is 19.9. The van der Waals surface area contributed by atoms with Crippen LogP contribution in [0.5, 0.6) is 0 Å². The highest BCUT2D eigenvalue weighted by Crippen LogP contribution is 2.45. The monoisotopic (exact) mass is 440 g/mol. The van der Waals surface area contributed by atoms with Crippen molar-refractivity contribution in [3.05, 3.63) is 93.3 Å². The van der Waals surface area contributed by atoms with E-state index in [0.717, 1.165) is 34.1 Å². The smallest absolute Gasteiger partial charge is 0.372 e. The van der Waals surface area contributed by atoms with E-state index in [4.69, 9.17) is 0 Å². The van der Waals surface area contributed by atoms with Crippen molar-refractivity contribution in [1.82, 2.24) is 0 Å². The molecule has 2 aliphatic rings. The molecule has 5 rings (SSSR count). The number of hydrogen-bond acceptors (Lipinski definition) is 4. The fraction of sp³-hybridized carbons (Fsp3) is 0.208. The molecule has 0 spiro atoms. The summed E-state index contributed by atoms with van der Waals surface area (Å²) in [5, 5.41) is 8.73. The zero-order valence-electron chi connectivity index (χ0n) is 16.4. The molecule has 7 heteroatoms. The lowest BCUT2D eigenvalue weighted by Gasteiger charge is -2.29. The largest absolute Gasteiger partial charge is 0.416 e. The van der Waals surface area contributed by atoms with Gasteiger partial charge in [0.05, 0.1) is 23.0 Å². The van der Waals surface area contributed by atoms with Crippen LogP contribution in [0, 0.1) is 0 Å². The van der Waals surface area contributed by atoms with Gasteiger partial charge in [0.25, 0.3) is 0 Å². The van der Waals surface area contributed by atoms with Crippen LogP contribution in [0.4, 0.5) is 24.5 Å². The van der Waals surface area contributed by atoms with Crippen LogP contribution in [0.25, 0.3) is 0 Å². The molecule has 2 heterocycles. The number of carbonyl (C=O) groups is 1. The Hall–Kier alpha value is -3.06. The number of hydrogen-bond donors (Lipinski definition) is 2. The third-order valence-electron chi connectivity index (χ3n) is 5.80. The van der Waals surface area contributed by atoms with Crippen LogP contribution >= 0.6 is 11.3 Å². The Bertz CT molecular complexity index is 1170. The van der Waals surface area contributed by atoms with Gasteiger partial charge in [0.15, 0.2) is 5.78 Å². The average molecular weight is 440 g/mol. The van der Waals surface area contributed by atoms with Crippen LogP contribution in [-0.2, 0) is 11.0 Å². The van der Waals surface area contributed by atoms with Crippen molar-refractivity contribution in [1.29, 1.82) is 0 Å². The number of ketones is 1. The third kappa shape index (κ3) is 3.74. The summed E-state index contributed by atoms with van der Waals surface area (Å²) >= 11 is 1.62. The average Bonchev–Trinajstić information content (AvgIpc) is 3.22. The second kappa shape index (κ2) is 7.57. The normalized spacial score (nSPS) is 20.9. The number of halogens is 3. The zero-order chi connectivity index (χ0) is 21.6. The van der Waals surface area contributed by atoms with E-state index >= 15 is 0 Å². The molecular formula is C24H19F3N2OS. The van der Waals surface area contributed by atoms with Crippen LogP contribution in [0.15, 0.2) is 77.3 Å². The van der Waals surface area contributed by atoms with Crippen LogP contribution in [0.3, 0.4) is 0 Å². The third-order valence-corrected chi connectivity index (χ3v) is 6.84. The van der Waals surface area contributed by atoms with E-state index in [1.165, 1.54) is 6.07 Å². The van der Waals surface area contributed by atoms with Gasteiger partial charge in [-0.1, -0.05) is 30.3 Å². The van der Waals surface area contributed by atoms with Gasteiger partial charge in [-0.15, -0.1) is 11.3 Å². The van der Waals surface area contributed by atoms with Gasteiger partial charge in [-0.3, -0.25) is 4.79 Å². The molecule has 1 aliphatic heterocycles. The van der Waals surface area contributed by atoms with Gasteiger partial charge in [0.1, 0.15) is 0 Å². The van der Waals surface area contributed by atoms with Crippen molar-refractivity contribution in [2.75, 3.05) is 10.6 Å². The fourth-order valence-electron chi connectivity index (χ4n) is 4.36. The number of fused-ring (bicyclic) bond motifs is 1. The number of benzene rings is 2. The minimum atomic E-state index is -4.45. The molecule has 0 fully saturated rings. The number of thiophene rings is 1. The van der Waals surface area contributed by atoms with Crippen molar-refractivity contribution in [3.8, 4) is 0 Å². The van der Waals surface area contributed by atoms with Gasteiger partial charge in [-0.05, 0) is 47.7 Å². The van der Waals surface area contributed by atoms with Crippen molar-refractivity contribution in [2.24, 2.45) is 0 Å². The number of nitrogens with one attached hydrogen (secondary N) is 2. The second-order valence-electron chi connectivity index (χ2n) is 7.81. The number of carbonyl (C=O) groups excluding carboxylic acids is 1. The van der Waals surface area contributed by atoms with Crippen LogP contribution in [0.1, 0.15) is 40.8 Å². The Morgan fingerprint density at radius 2 is 1.74 bits per heavy atom. The molecule has 0 amide bonds. The molecular weight excluding hydrogens is 421 g/mol. The van der Waals surface area contributed by atoms with E-state index in [0.29, 0.717) is 24.0 Å². The van der Waals surface area contributed by atoms with Gasteiger partial charge in [-0.2, -0.15) is 13.2 Å². The molecule has 3 nitrogen and oxygen atoms in total. The maximum atomic E-state index is 13.4. The molecule has 2 aromatic carbocycles. The predicted octanol–water partition coefficient (Wildman–Crippen LogP) is 6.75. The van der Waals surface area contributed by atoms with Crippen LogP contribution in [-0.4, -0.2) is 5.78 Å². The summed E-state index contributed by atoms with van der Waals surface area (Å²) in [6, 6.07) is 16.1. The van der Waals surface area contributed by atoms with E-state index < -0.39 is 17.8 Å². The molecule has 2 N–H and O–H groups in total. The number of para-hydroxylation sites is 2. The summed E-state index contributed by atoms with van der Waals surface area (Å²) in [6.07, 6.45) is -3.48. The molecule has 2 atom stereocenters. The van der Waals surface area contributed by atoms with E-state index in [9.17, 15) is 18.0 Å². The maximum absolute atomic E-state index is 13.4. The predicted molar refractivity (Wildman–Crippen MR) is 116 cm³/mol. The summed E-state index contributed by atoms with van der Waals surface area (Å²) in [5.41, 5.74) is 2.55. The molecule has 0 unspecified atom stereocenters. The Kier molecular flexibility index (Phi) is 4.85. The van der Waals surface area contributed by atoms with Crippen molar-refractivity contribution in [3.63, 3.8) is 0 Å². The highest BCUT2D eigenvalue weighted by Gasteiger charge is 2.37. The first-order valence-corrected chi connectivity index (χ1v) is 10.9. The van der Waals surface area contributed by atoms with E-state index in [1.807, 2.05) is 41.8 Å². The molecule has 1 aromatic heterocycles. The van der Waals surface area contributed by atoms with Gasteiger partial charge in [0, 0.05) is 28.5 Å². The zero-order valence-corrected chi connectivity index (χ0v) is 17.2. The lowest BCUT2D eigenvalue weighted by molar-refractivity contribution is -0.137. The lowest BCUT2D eigenvalue weighted by atomic mass is 9.80. The molecule has 158 valence electrons. The number of Topliss-reactive ketones (excluding diaryl/α,β-unsaturated/α-hetero) is 1. The van der Waals surface area contributed by atoms with Gasteiger partial charge < -0.3 is 10.6 Å². The van der Waals surface area contributed by atoms with Crippen LogP contribution < -0.4 is 10.6 Å². The topological polar surface area (TPSA) is 41.1 Å². The number of rotatable bonds is 2. The Morgan fingerprint density at radius 3 is 2.48 bits per heavy atom. The van der Waals surface area contributed by atoms with Crippen molar-refractivity contribution >= 4 is 28.5 Å². The minimum Gasteiger partial charge on any atom is -0.372 e. The SMILES string of the molecule is O=C1C[C@@H](c2cccs2)CC2=C1[C@@H](c1cccc(C(F)(F)F)c1)Nc1ccccc1N2. The highest BCUT2D eigenvalue weighted by molar-refractivity contribution is 7.10. The Labute approximate surface area is 181 Å². The molecule has 0 saturated carbocycles. The van der Waals surface area contributed by atoms with Gasteiger partial charge in [0.2, 0.25) is 0 Å². The summed E-state index contributed by atoms with van der Waals surface area (Å²) in [6.45, 7) is 0. The lowest BCUT2D eigenvalue weighted by Crippen LogP contribution is -2.26. The number of allylic oxidation sites excluding steroid dienone is 1. The molecule has 1 aliphatic carbocycles. The summed E-state index contributed by atoms with van der Waals surface area (Å²) in [5.74, 6) is 0.0149. The van der Waals surface area contributed by atoms with Gasteiger partial charge in [-0.25, -0.2) is 0 Å². The summed E-state index contributed by atoms with van der Waals surface area (Å²) < 4.78 is 40.1. The number of anilines is 2. The van der Waals surface area contributed by atoms with Crippen molar-refractivity contribution in [2.45, 2.75) is 31.0 Å². The fourth-order valence-corrected chi connectivity index (χ4v) is 5.19. The summed E-state index contributed by atoms with van der Waals surface area (Å²) in [7, 11) is 0. The molecule has 0 radical (unpaired) electrons. The Balaban J connectivity index is 1.63. The minimum absolute atomic E-state index is 0.0464. The number of alkyl halides is 3. The van der Waals surface area contributed by atoms with Crippen LogP contribution in [0.2, 0.25) is 0 Å². The first-order valence-electron chi connectivity index (χ1n) is 9.99. The standard InChI is InChI=1S/C24H19F3N2OS/c25-24(26,27)16-6-3-5-14(11-16)23-22-19(28-17-7-1-2-8-18(17)29-23)12-15(13-20(22)30)21-9-4-10-31-21/h1-11,15,23,28-29H,12-13H2/t15-,23+/m0/s1. The Morgan fingerprint density at radius 1 is 0.935 bits per heavy atom. The van der Waals surface area contributed by atoms with Gasteiger partial charge >= 0.3 is 6.18 Å².